The van der Waals surface area contributed by atoms with Gasteiger partial charge in [0.15, 0.2) is 5.65 Å². The SMILES string of the molecule is Cc1cccc(C)c1-n1c(C)nc2c(c(C)c(C)n2-c2ccccc2)c1=N. The molecule has 0 aliphatic heterocycles. The van der Waals surface area contributed by atoms with Crippen LogP contribution in [-0.2, 0) is 0 Å². The minimum absolute atomic E-state index is 0.491. The van der Waals surface area contributed by atoms with Crippen LogP contribution in [0.4, 0.5) is 0 Å². The smallest absolute Gasteiger partial charge is 0.150 e. The number of nitrogens with one attached hydrogen (secondary N) is 1. The molecular weight excluding hydrogens is 332 g/mol. The van der Waals surface area contributed by atoms with Crippen molar-refractivity contribution < 1.29 is 0 Å². The molecule has 0 spiro atoms. The van der Waals surface area contributed by atoms with Crippen LogP contribution in [0, 0.1) is 40.0 Å². The first-order valence-electron chi connectivity index (χ1n) is 9.19. The molecule has 4 rings (SSSR count). The summed E-state index contributed by atoms with van der Waals surface area (Å²) in [6, 6.07) is 16.5. The molecule has 0 fully saturated rings. The maximum atomic E-state index is 9.03. The zero-order chi connectivity index (χ0) is 19.3. The monoisotopic (exact) mass is 356 g/mol. The zero-order valence-electron chi connectivity index (χ0n) is 16.5. The van der Waals surface area contributed by atoms with Gasteiger partial charge in [0, 0.05) is 11.4 Å². The lowest BCUT2D eigenvalue weighted by atomic mass is 10.1. The first-order valence-corrected chi connectivity index (χ1v) is 9.19. The molecule has 0 saturated carbocycles. The Morgan fingerprint density at radius 3 is 2.04 bits per heavy atom. The second-order valence-electron chi connectivity index (χ2n) is 7.16. The summed E-state index contributed by atoms with van der Waals surface area (Å²) in [4.78, 5) is 4.96. The van der Waals surface area contributed by atoms with Gasteiger partial charge in [0.2, 0.25) is 0 Å². The van der Waals surface area contributed by atoms with E-state index >= 15 is 0 Å². The molecule has 0 unspecified atom stereocenters. The van der Waals surface area contributed by atoms with E-state index in [1.54, 1.807) is 0 Å². The molecule has 0 aliphatic carbocycles. The third kappa shape index (κ3) is 2.52. The predicted molar refractivity (Wildman–Crippen MR) is 110 cm³/mol. The number of nitrogens with zero attached hydrogens (tertiary/aromatic N) is 3. The highest BCUT2D eigenvalue weighted by atomic mass is 15.1. The van der Waals surface area contributed by atoms with Gasteiger partial charge in [0.25, 0.3) is 0 Å². The van der Waals surface area contributed by atoms with E-state index in [1.807, 2.05) is 29.7 Å². The molecule has 2 aromatic heterocycles. The number of para-hydroxylation sites is 2. The number of aromatic nitrogens is 3. The number of benzene rings is 2. The Bertz CT molecular complexity index is 1210. The van der Waals surface area contributed by atoms with Crippen LogP contribution < -0.4 is 5.49 Å². The minimum Gasteiger partial charge on any atom is -0.298 e. The zero-order valence-corrected chi connectivity index (χ0v) is 16.5. The third-order valence-corrected chi connectivity index (χ3v) is 5.42. The summed E-state index contributed by atoms with van der Waals surface area (Å²) < 4.78 is 4.14. The Morgan fingerprint density at radius 1 is 0.778 bits per heavy atom. The fraction of sp³-hybridized carbons (Fsp3) is 0.217. The summed E-state index contributed by atoms with van der Waals surface area (Å²) in [5.41, 5.74) is 7.99. The Labute approximate surface area is 159 Å². The Hall–Kier alpha value is -3.14. The quantitative estimate of drug-likeness (QED) is 0.549. The highest BCUT2D eigenvalue weighted by Crippen LogP contribution is 2.27. The van der Waals surface area contributed by atoms with Crippen molar-refractivity contribution in [2.24, 2.45) is 0 Å². The van der Waals surface area contributed by atoms with Crippen molar-refractivity contribution in [3.8, 4) is 11.4 Å². The number of hydrogen-bond donors (Lipinski definition) is 1. The highest BCUT2D eigenvalue weighted by molar-refractivity contribution is 5.83. The molecule has 0 atom stereocenters. The van der Waals surface area contributed by atoms with Crippen LogP contribution in [0.15, 0.2) is 48.5 Å². The lowest BCUT2D eigenvalue weighted by Crippen LogP contribution is -2.24. The molecule has 4 heteroatoms. The second-order valence-corrected chi connectivity index (χ2v) is 7.16. The summed E-state index contributed by atoms with van der Waals surface area (Å²) in [5.74, 6) is 0.819. The van der Waals surface area contributed by atoms with Gasteiger partial charge < -0.3 is 0 Å². The first kappa shape index (κ1) is 17.3. The molecule has 27 heavy (non-hydrogen) atoms. The molecule has 1 N–H and O–H groups in total. The summed E-state index contributed by atoms with van der Waals surface area (Å²) in [6.07, 6.45) is 0. The molecule has 136 valence electrons. The van der Waals surface area contributed by atoms with E-state index in [4.69, 9.17) is 10.4 Å². The van der Waals surface area contributed by atoms with Crippen molar-refractivity contribution in [2.75, 3.05) is 0 Å². The van der Waals surface area contributed by atoms with Crippen LogP contribution in [0.2, 0.25) is 0 Å². The minimum atomic E-state index is 0.491. The molecule has 0 bridgehead atoms. The van der Waals surface area contributed by atoms with E-state index in [1.165, 1.54) is 0 Å². The maximum absolute atomic E-state index is 9.03. The standard InChI is InChI=1S/C23H24N4/c1-14-10-9-11-15(2)21(14)27-18(5)25-23-20(22(27)24)16(3)17(4)26(23)19-12-7-6-8-13-19/h6-13,24H,1-5H3. The van der Waals surface area contributed by atoms with Gasteiger partial charge in [-0.2, -0.15) is 0 Å². The van der Waals surface area contributed by atoms with Crippen molar-refractivity contribution in [1.82, 2.24) is 14.1 Å². The predicted octanol–water partition coefficient (Wildman–Crippen LogP) is 4.84. The van der Waals surface area contributed by atoms with E-state index in [0.717, 1.165) is 50.6 Å². The molecule has 0 saturated heterocycles. The van der Waals surface area contributed by atoms with E-state index in [2.05, 4.69) is 62.6 Å². The number of fused-ring (bicyclic) bond motifs is 1. The van der Waals surface area contributed by atoms with Gasteiger partial charge in [-0.15, -0.1) is 0 Å². The van der Waals surface area contributed by atoms with Gasteiger partial charge >= 0.3 is 0 Å². The van der Waals surface area contributed by atoms with Crippen molar-refractivity contribution in [1.29, 1.82) is 5.41 Å². The first-order chi connectivity index (χ1) is 12.9. The van der Waals surface area contributed by atoms with Crippen LogP contribution in [0.3, 0.4) is 0 Å². The molecule has 4 aromatic rings. The number of hydrogen-bond acceptors (Lipinski definition) is 2. The number of aryl methyl sites for hydroxylation is 4. The fourth-order valence-corrected chi connectivity index (χ4v) is 3.98. The molecule has 0 radical (unpaired) electrons. The average molecular weight is 356 g/mol. The number of rotatable bonds is 2. The molecule has 2 heterocycles. The van der Waals surface area contributed by atoms with Crippen LogP contribution in [-0.4, -0.2) is 14.1 Å². The Kier molecular flexibility index (Phi) is 3.99. The van der Waals surface area contributed by atoms with Gasteiger partial charge in [0.1, 0.15) is 11.3 Å². The van der Waals surface area contributed by atoms with E-state index < -0.39 is 0 Å². The second kappa shape index (κ2) is 6.23. The van der Waals surface area contributed by atoms with Gasteiger partial charge in [-0.05, 0) is 63.4 Å². The van der Waals surface area contributed by atoms with Crippen LogP contribution in [0.5, 0.6) is 0 Å². The van der Waals surface area contributed by atoms with Gasteiger partial charge in [-0.3, -0.25) is 14.5 Å². The summed E-state index contributed by atoms with van der Waals surface area (Å²) in [7, 11) is 0. The summed E-state index contributed by atoms with van der Waals surface area (Å²) in [5, 5.41) is 9.94. The Balaban J connectivity index is 2.14. The molecule has 0 amide bonds. The van der Waals surface area contributed by atoms with Crippen LogP contribution in [0.1, 0.15) is 28.2 Å². The third-order valence-electron chi connectivity index (χ3n) is 5.42. The van der Waals surface area contributed by atoms with Crippen molar-refractivity contribution in [2.45, 2.75) is 34.6 Å². The average Bonchev–Trinajstić information content (AvgIpc) is 2.89. The molecular formula is C23H24N4. The molecule has 4 nitrogen and oxygen atoms in total. The van der Waals surface area contributed by atoms with Crippen molar-refractivity contribution in [3.05, 3.63) is 82.2 Å². The van der Waals surface area contributed by atoms with E-state index in [0.29, 0.717) is 5.49 Å². The maximum Gasteiger partial charge on any atom is 0.150 e. The van der Waals surface area contributed by atoms with E-state index in [9.17, 15) is 0 Å². The fourth-order valence-electron chi connectivity index (χ4n) is 3.98. The van der Waals surface area contributed by atoms with E-state index in [-0.39, 0.29) is 0 Å². The van der Waals surface area contributed by atoms with Gasteiger partial charge in [-0.1, -0.05) is 36.4 Å². The highest BCUT2D eigenvalue weighted by Gasteiger charge is 2.19. The summed E-state index contributed by atoms with van der Waals surface area (Å²) >= 11 is 0. The largest absolute Gasteiger partial charge is 0.298 e. The summed E-state index contributed by atoms with van der Waals surface area (Å²) in [6.45, 7) is 10.3. The lowest BCUT2D eigenvalue weighted by Gasteiger charge is -2.17. The van der Waals surface area contributed by atoms with Crippen LogP contribution >= 0.6 is 0 Å². The Morgan fingerprint density at radius 2 is 1.41 bits per heavy atom. The van der Waals surface area contributed by atoms with Crippen LogP contribution in [0.25, 0.3) is 22.4 Å². The van der Waals surface area contributed by atoms with Crippen molar-refractivity contribution >= 4 is 11.0 Å². The molecule has 0 aliphatic rings. The van der Waals surface area contributed by atoms with Crippen molar-refractivity contribution in [3.63, 3.8) is 0 Å². The normalized spacial score (nSPS) is 11.3. The van der Waals surface area contributed by atoms with Gasteiger partial charge in [0.05, 0.1) is 11.1 Å². The topological polar surface area (TPSA) is 46.6 Å². The van der Waals surface area contributed by atoms with Gasteiger partial charge in [-0.25, -0.2) is 4.98 Å². The lowest BCUT2D eigenvalue weighted by molar-refractivity contribution is 0.838. The molecule has 2 aromatic carbocycles.